The molecule has 0 spiro atoms. The summed E-state index contributed by atoms with van der Waals surface area (Å²) in [6.07, 6.45) is 3.38. The Bertz CT molecular complexity index is 1230. The van der Waals surface area contributed by atoms with Crippen molar-refractivity contribution >= 4 is 23.3 Å². The van der Waals surface area contributed by atoms with Gasteiger partial charge in [0.05, 0.1) is 0 Å². The van der Waals surface area contributed by atoms with Crippen molar-refractivity contribution in [2.75, 3.05) is 17.2 Å². The van der Waals surface area contributed by atoms with Crippen LogP contribution < -0.4 is 20.7 Å². The third-order valence-electron chi connectivity index (χ3n) is 4.93. The van der Waals surface area contributed by atoms with Crippen molar-refractivity contribution in [1.82, 2.24) is 10.3 Å². The number of amides is 3. The van der Waals surface area contributed by atoms with Gasteiger partial charge in [0.1, 0.15) is 5.75 Å². The standard InChI is InChI=1S/C27H24N4O3/c32-26(19-34-25-11-5-4-10-24(25)21-8-2-1-3-9-21)30-22-12-14-23(15-13-22)31-27(33)29-18-20-7-6-16-28-17-20/h1-17H,18-19H2,(H,30,32)(H2,29,31,33). The van der Waals surface area contributed by atoms with Gasteiger partial charge in [0.25, 0.3) is 5.91 Å². The molecule has 0 fully saturated rings. The van der Waals surface area contributed by atoms with Crippen LogP contribution in [0.4, 0.5) is 16.2 Å². The molecule has 3 aromatic carbocycles. The third kappa shape index (κ3) is 6.43. The Morgan fingerprint density at radius 3 is 2.21 bits per heavy atom. The first-order valence-corrected chi connectivity index (χ1v) is 10.8. The second-order valence-corrected chi connectivity index (χ2v) is 7.45. The van der Waals surface area contributed by atoms with Crippen LogP contribution >= 0.6 is 0 Å². The van der Waals surface area contributed by atoms with Gasteiger partial charge in [0.2, 0.25) is 0 Å². The van der Waals surface area contributed by atoms with E-state index in [9.17, 15) is 9.59 Å². The number of pyridine rings is 1. The van der Waals surface area contributed by atoms with E-state index >= 15 is 0 Å². The first-order chi connectivity index (χ1) is 16.7. The molecular formula is C27H24N4O3. The Morgan fingerprint density at radius 2 is 1.47 bits per heavy atom. The number of rotatable bonds is 8. The van der Waals surface area contributed by atoms with Crippen molar-refractivity contribution in [2.24, 2.45) is 0 Å². The quantitative estimate of drug-likeness (QED) is 0.347. The number of benzene rings is 3. The second-order valence-electron chi connectivity index (χ2n) is 7.45. The fraction of sp³-hybridized carbons (Fsp3) is 0.0741. The minimum Gasteiger partial charge on any atom is -0.483 e. The molecule has 0 aliphatic rings. The maximum atomic E-state index is 12.4. The molecule has 0 unspecified atom stereocenters. The van der Waals surface area contributed by atoms with Gasteiger partial charge in [-0.1, -0.05) is 54.6 Å². The number of aromatic nitrogens is 1. The van der Waals surface area contributed by atoms with E-state index < -0.39 is 0 Å². The minimum atomic E-state index is -0.328. The van der Waals surface area contributed by atoms with Gasteiger partial charge >= 0.3 is 6.03 Å². The van der Waals surface area contributed by atoms with Crippen molar-refractivity contribution in [3.8, 4) is 16.9 Å². The van der Waals surface area contributed by atoms with E-state index in [1.54, 1.807) is 36.7 Å². The normalized spacial score (nSPS) is 10.2. The van der Waals surface area contributed by atoms with Crippen molar-refractivity contribution in [3.05, 3.63) is 109 Å². The summed E-state index contributed by atoms with van der Waals surface area (Å²) in [5.41, 5.74) is 4.06. The molecule has 3 amide bonds. The van der Waals surface area contributed by atoms with Crippen LogP contribution in [0.25, 0.3) is 11.1 Å². The van der Waals surface area contributed by atoms with E-state index in [0.29, 0.717) is 23.7 Å². The van der Waals surface area contributed by atoms with Gasteiger partial charge in [-0.05, 0) is 47.5 Å². The molecule has 4 aromatic rings. The molecule has 0 aliphatic heterocycles. The number of nitrogens with zero attached hydrogens (tertiary/aromatic N) is 1. The van der Waals surface area contributed by atoms with E-state index in [4.69, 9.17) is 4.74 Å². The van der Waals surface area contributed by atoms with Crippen LogP contribution in [-0.2, 0) is 11.3 Å². The Kier molecular flexibility index (Phi) is 7.48. The van der Waals surface area contributed by atoms with Crippen LogP contribution in [0.15, 0.2) is 103 Å². The Labute approximate surface area is 197 Å². The molecule has 4 rings (SSSR count). The predicted molar refractivity (Wildman–Crippen MR) is 133 cm³/mol. The molecule has 0 radical (unpaired) electrons. The lowest BCUT2D eigenvalue weighted by atomic mass is 10.1. The summed E-state index contributed by atoms with van der Waals surface area (Å²) in [7, 11) is 0. The summed E-state index contributed by atoms with van der Waals surface area (Å²) in [6.45, 7) is 0.252. The maximum absolute atomic E-state index is 12.4. The van der Waals surface area contributed by atoms with Crippen LogP contribution in [0.5, 0.6) is 5.75 Å². The molecule has 7 heteroatoms. The Balaban J connectivity index is 1.26. The first kappa shape index (κ1) is 22.5. The van der Waals surface area contributed by atoms with Crippen LogP contribution in [0, 0.1) is 0 Å². The minimum absolute atomic E-state index is 0.124. The highest BCUT2D eigenvalue weighted by Crippen LogP contribution is 2.29. The van der Waals surface area contributed by atoms with Crippen molar-refractivity contribution in [1.29, 1.82) is 0 Å². The van der Waals surface area contributed by atoms with Crippen molar-refractivity contribution in [3.63, 3.8) is 0 Å². The number of nitrogens with one attached hydrogen (secondary N) is 3. The zero-order valence-electron chi connectivity index (χ0n) is 18.4. The average Bonchev–Trinajstić information content (AvgIpc) is 2.89. The monoisotopic (exact) mass is 452 g/mol. The number of urea groups is 1. The van der Waals surface area contributed by atoms with Gasteiger partial charge in [-0.15, -0.1) is 0 Å². The van der Waals surface area contributed by atoms with Gasteiger partial charge in [0, 0.05) is 35.9 Å². The lowest BCUT2D eigenvalue weighted by Crippen LogP contribution is -2.28. The van der Waals surface area contributed by atoms with E-state index in [0.717, 1.165) is 16.7 Å². The number of carbonyl (C=O) groups excluding carboxylic acids is 2. The number of hydrogen-bond donors (Lipinski definition) is 3. The number of para-hydroxylation sites is 1. The fourth-order valence-corrected chi connectivity index (χ4v) is 3.29. The zero-order valence-corrected chi connectivity index (χ0v) is 18.4. The van der Waals surface area contributed by atoms with Crippen LogP contribution in [0.3, 0.4) is 0 Å². The SMILES string of the molecule is O=C(COc1ccccc1-c1ccccc1)Nc1ccc(NC(=O)NCc2cccnc2)cc1. The highest BCUT2D eigenvalue weighted by molar-refractivity contribution is 5.93. The largest absolute Gasteiger partial charge is 0.483 e. The van der Waals surface area contributed by atoms with Crippen molar-refractivity contribution < 1.29 is 14.3 Å². The second kappa shape index (κ2) is 11.3. The van der Waals surface area contributed by atoms with Gasteiger partial charge in [-0.2, -0.15) is 0 Å². The molecule has 3 N–H and O–H groups in total. The van der Waals surface area contributed by atoms with E-state index in [2.05, 4.69) is 20.9 Å². The Morgan fingerprint density at radius 1 is 0.765 bits per heavy atom. The average molecular weight is 453 g/mol. The van der Waals surface area contributed by atoms with Crippen molar-refractivity contribution in [2.45, 2.75) is 6.54 Å². The van der Waals surface area contributed by atoms with Crippen LogP contribution in [-0.4, -0.2) is 23.5 Å². The molecular weight excluding hydrogens is 428 g/mol. The predicted octanol–water partition coefficient (Wildman–Crippen LogP) is 5.09. The lowest BCUT2D eigenvalue weighted by Gasteiger charge is -2.12. The van der Waals surface area contributed by atoms with Crippen LogP contribution in [0.2, 0.25) is 0 Å². The number of anilines is 2. The maximum Gasteiger partial charge on any atom is 0.319 e. The highest BCUT2D eigenvalue weighted by Gasteiger charge is 2.09. The lowest BCUT2D eigenvalue weighted by molar-refractivity contribution is -0.118. The summed E-state index contributed by atoms with van der Waals surface area (Å²) < 4.78 is 5.78. The van der Waals surface area contributed by atoms with E-state index in [1.165, 1.54) is 0 Å². The van der Waals surface area contributed by atoms with Gasteiger partial charge in [-0.25, -0.2) is 4.79 Å². The molecule has 0 aliphatic carbocycles. The first-order valence-electron chi connectivity index (χ1n) is 10.8. The summed E-state index contributed by atoms with van der Waals surface area (Å²) in [4.78, 5) is 28.5. The van der Waals surface area contributed by atoms with Crippen LogP contribution in [0.1, 0.15) is 5.56 Å². The summed E-state index contributed by atoms with van der Waals surface area (Å²) in [5, 5.41) is 8.32. The molecule has 1 aromatic heterocycles. The fourth-order valence-electron chi connectivity index (χ4n) is 3.29. The van der Waals surface area contributed by atoms with Gasteiger partial charge in [-0.3, -0.25) is 9.78 Å². The Hall–Kier alpha value is -4.65. The molecule has 0 atom stereocenters. The molecule has 34 heavy (non-hydrogen) atoms. The molecule has 1 heterocycles. The summed E-state index contributed by atoms with van der Waals surface area (Å²) in [6, 6.07) is 27.7. The molecule has 0 saturated heterocycles. The van der Waals surface area contributed by atoms with Gasteiger partial charge in [0.15, 0.2) is 6.61 Å². The van der Waals surface area contributed by atoms with Gasteiger partial charge < -0.3 is 20.7 Å². The summed E-state index contributed by atoms with van der Waals surface area (Å²) >= 11 is 0. The topological polar surface area (TPSA) is 92.4 Å². The smallest absolute Gasteiger partial charge is 0.319 e. The number of carbonyl (C=O) groups is 2. The number of ether oxygens (including phenoxy) is 1. The molecule has 170 valence electrons. The number of hydrogen-bond acceptors (Lipinski definition) is 4. The molecule has 7 nitrogen and oxygen atoms in total. The van der Waals surface area contributed by atoms with E-state index in [1.807, 2.05) is 66.7 Å². The highest BCUT2D eigenvalue weighted by atomic mass is 16.5. The molecule has 0 saturated carbocycles. The molecule has 0 bridgehead atoms. The van der Waals surface area contributed by atoms with E-state index in [-0.39, 0.29) is 18.5 Å². The zero-order chi connectivity index (χ0) is 23.6. The third-order valence-corrected chi connectivity index (χ3v) is 4.93. The summed E-state index contributed by atoms with van der Waals surface area (Å²) in [5.74, 6) is 0.360.